The van der Waals surface area contributed by atoms with Gasteiger partial charge < -0.3 is 14.5 Å². The van der Waals surface area contributed by atoms with Crippen molar-refractivity contribution in [2.45, 2.75) is 38.9 Å². The summed E-state index contributed by atoms with van der Waals surface area (Å²) in [5.41, 5.74) is 2.01. The molecule has 2 aliphatic heterocycles. The molecule has 2 saturated heterocycles. The van der Waals surface area contributed by atoms with E-state index in [1.807, 2.05) is 30.9 Å². The maximum atomic E-state index is 12.6. The van der Waals surface area contributed by atoms with Gasteiger partial charge in [-0.15, -0.1) is 0 Å². The van der Waals surface area contributed by atoms with Crippen molar-refractivity contribution in [3.8, 4) is 0 Å². The zero-order valence-electron chi connectivity index (χ0n) is 12.9. The zero-order valence-corrected chi connectivity index (χ0v) is 12.9. The monoisotopic (exact) mass is 288 g/mol. The maximum absolute atomic E-state index is 12.6. The van der Waals surface area contributed by atoms with Crippen LogP contribution in [0.3, 0.4) is 0 Å². The van der Waals surface area contributed by atoms with E-state index in [1.54, 1.807) is 0 Å². The Labute approximate surface area is 126 Å². The van der Waals surface area contributed by atoms with Gasteiger partial charge in [-0.3, -0.25) is 4.79 Å². The van der Waals surface area contributed by atoms with Crippen LogP contribution in [0.1, 0.15) is 37.0 Å². The van der Waals surface area contributed by atoms with E-state index >= 15 is 0 Å². The Balaban J connectivity index is 1.69. The summed E-state index contributed by atoms with van der Waals surface area (Å²) in [6.45, 7) is 7.66. The normalized spacial score (nSPS) is 26.2. The summed E-state index contributed by atoms with van der Waals surface area (Å²) in [7, 11) is 0. The second-order valence-corrected chi connectivity index (χ2v) is 6.21. The predicted molar refractivity (Wildman–Crippen MR) is 83.8 cm³/mol. The Morgan fingerprint density at radius 1 is 1.05 bits per heavy atom. The van der Waals surface area contributed by atoms with E-state index in [-0.39, 0.29) is 18.1 Å². The SMILES string of the molecule is CC1CN(C(=O)c2ccc(N3CCCC3)cc2)CC(C)O1. The molecule has 1 amide bonds. The van der Waals surface area contributed by atoms with Crippen molar-refractivity contribution in [2.75, 3.05) is 31.1 Å². The van der Waals surface area contributed by atoms with E-state index in [0.29, 0.717) is 13.1 Å². The fourth-order valence-corrected chi connectivity index (χ4v) is 3.32. The number of amides is 1. The molecule has 0 radical (unpaired) electrons. The second kappa shape index (κ2) is 6.06. The molecule has 1 aromatic carbocycles. The average Bonchev–Trinajstić information content (AvgIpc) is 3.00. The van der Waals surface area contributed by atoms with E-state index in [0.717, 1.165) is 18.7 Å². The lowest BCUT2D eigenvalue weighted by molar-refractivity contribution is -0.0586. The Morgan fingerprint density at radius 2 is 1.62 bits per heavy atom. The fraction of sp³-hybridized carbons (Fsp3) is 0.588. The van der Waals surface area contributed by atoms with Crippen LogP contribution in [0.15, 0.2) is 24.3 Å². The third-order valence-corrected chi connectivity index (χ3v) is 4.29. The van der Waals surface area contributed by atoms with Crippen molar-refractivity contribution in [2.24, 2.45) is 0 Å². The number of carbonyl (C=O) groups excluding carboxylic acids is 1. The standard InChI is InChI=1S/C17H24N2O2/c1-13-11-19(12-14(2)21-13)17(20)15-5-7-16(8-6-15)18-9-3-4-10-18/h5-8,13-14H,3-4,9-12H2,1-2H3. The summed E-state index contributed by atoms with van der Waals surface area (Å²) in [4.78, 5) is 16.9. The van der Waals surface area contributed by atoms with Crippen LogP contribution in [0.25, 0.3) is 0 Å². The summed E-state index contributed by atoms with van der Waals surface area (Å²) in [5, 5.41) is 0. The lowest BCUT2D eigenvalue weighted by Gasteiger charge is -2.35. The minimum absolute atomic E-state index is 0.113. The highest BCUT2D eigenvalue weighted by atomic mass is 16.5. The van der Waals surface area contributed by atoms with Gasteiger partial charge in [0.25, 0.3) is 5.91 Å². The highest BCUT2D eigenvalue weighted by Gasteiger charge is 2.26. The number of rotatable bonds is 2. The molecule has 0 bridgehead atoms. The summed E-state index contributed by atoms with van der Waals surface area (Å²) in [6, 6.07) is 8.07. The summed E-state index contributed by atoms with van der Waals surface area (Å²) >= 11 is 0. The molecule has 0 spiro atoms. The van der Waals surface area contributed by atoms with Gasteiger partial charge in [0.2, 0.25) is 0 Å². The molecule has 3 rings (SSSR count). The molecule has 0 N–H and O–H groups in total. The van der Waals surface area contributed by atoms with Gasteiger partial charge in [-0.1, -0.05) is 0 Å². The number of benzene rings is 1. The summed E-state index contributed by atoms with van der Waals surface area (Å²) in [6.07, 6.45) is 2.76. The molecule has 4 nitrogen and oxygen atoms in total. The number of ether oxygens (including phenoxy) is 1. The Morgan fingerprint density at radius 3 is 2.19 bits per heavy atom. The van der Waals surface area contributed by atoms with E-state index in [1.165, 1.54) is 18.5 Å². The van der Waals surface area contributed by atoms with E-state index in [2.05, 4.69) is 17.0 Å². The molecule has 1 aromatic rings. The van der Waals surface area contributed by atoms with Crippen LogP contribution in [0, 0.1) is 0 Å². The molecule has 0 aliphatic carbocycles. The second-order valence-electron chi connectivity index (χ2n) is 6.21. The minimum Gasteiger partial charge on any atom is -0.372 e. The smallest absolute Gasteiger partial charge is 0.254 e. The van der Waals surface area contributed by atoms with E-state index in [9.17, 15) is 4.79 Å². The highest BCUT2D eigenvalue weighted by molar-refractivity contribution is 5.94. The maximum Gasteiger partial charge on any atom is 0.254 e. The van der Waals surface area contributed by atoms with E-state index in [4.69, 9.17) is 4.74 Å². The van der Waals surface area contributed by atoms with Crippen molar-refractivity contribution in [1.82, 2.24) is 4.90 Å². The molecular weight excluding hydrogens is 264 g/mol. The van der Waals surface area contributed by atoms with E-state index < -0.39 is 0 Å². The molecule has 114 valence electrons. The lowest BCUT2D eigenvalue weighted by atomic mass is 10.1. The van der Waals surface area contributed by atoms with Gasteiger partial charge in [0.05, 0.1) is 12.2 Å². The predicted octanol–water partition coefficient (Wildman–Crippen LogP) is 2.54. The molecule has 0 aromatic heterocycles. The Hall–Kier alpha value is -1.55. The Bertz CT molecular complexity index is 484. The summed E-state index contributed by atoms with van der Waals surface area (Å²) in [5.74, 6) is 0.116. The topological polar surface area (TPSA) is 32.8 Å². The van der Waals surface area contributed by atoms with Gasteiger partial charge in [-0.25, -0.2) is 0 Å². The van der Waals surface area contributed by atoms with Crippen LogP contribution >= 0.6 is 0 Å². The first-order valence-electron chi connectivity index (χ1n) is 7.93. The average molecular weight is 288 g/mol. The van der Waals surface area contributed by atoms with Gasteiger partial charge >= 0.3 is 0 Å². The molecule has 2 atom stereocenters. The minimum atomic E-state index is 0.113. The largest absolute Gasteiger partial charge is 0.372 e. The zero-order chi connectivity index (χ0) is 14.8. The van der Waals surface area contributed by atoms with Crippen LogP contribution in [0.4, 0.5) is 5.69 Å². The van der Waals surface area contributed by atoms with Crippen LogP contribution in [-0.4, -0.2) is 49.2 Å². The molecule has 2 unspecified atom stereocenters. The third-order valence-electron chi connectivity index (χ3n) is 4.29. The highest BCUT2D eigenvalue weighted by Crippen LogP contribution is 2.21. The van der Waals surface area contributed by atoms with Crippen LogP contribution in [0.2, 0.25) is 0 Å². The molecule has 2 aliphatic rings. The van der Waals surface area contributed by atoms with Crippen molar-refractivity contribution in [3.05, 3.63) is 29.8 Å². The van der Waals surface area contributed by atoms with Gasteiger partial charge in [-0.2, -0.15) is 0 Å². The fourth-order valence-electron chi connectivity index (χ4n) is 3.32. The molecule has 4 heteroatoms. The lowest BCUT2D eigenvalue weighted by Crippen LogP contribution is -2.48. The van der Waals surface area contributed by atoms with Crippen molar-refractivity contribution in [3.63, 3.8) is 0 Å². The Kier molecular flexibility index (Phi) is 4.15. The first-order chi connectivity index (χ1) is 10.1. The summed E-state index contributed by atoms with van der Waals surface area (Å²) < 4.78 is 5.69. The van der Waals surface area contributed by atoms with Crippen LogP contribution in [0.5, 0.6) is 0 Å². The van der Waals surface area contributed by atoms with Crippen molar-refractivity contribution in [1.29, 1.82) is 0 Å². The van der Waals surface area contributed by atoms with Crippen molar-refractivity contribution >= 4 is 11.6 Å². The van der Waals surface area contributed by atoms with Crippen molar-refractivity contribution < 1.29 is 9.53 Å². The van der Waals surface area contributed by atoms with Gasteiger partial charge in [0.15, 0.2) is 0 Å². The van der Waals surface area contributed by atoms with Gasteiger partial charge in [-0.05, 0) is 51.0 Å². The molecule has 0 saturated carbocycles. The van der Waals surface area contributed by atoms with Gasteiger partial charge in [0, 0.05) is 37.4 Å². The molecule has 21 heavy (non-hydrogen) atoms. The number of hydrogen-bond acceptors (Lipinski definition) is 3. The number of anilines is 1. The van der Waals surface area contributed by atoms with Crippen LogP contribution in [-0.2, 0) is 4.74 Å². The number of nitrogens with zero attached hydrogens (tertiary/aromatic N) is 2. The number of morpholine rings is 1. The molecule has 2 heterocycles. The first-order valence-corrected chi connectivity index (χ1v) is 7.93. The first kappa shape index (κ1) is 14.4. The molecular formula is C17H24N2O2. The number of hydrogen-bond donors (Lipinski definition) is 0. The molecule has 2 fully saturated rings. The number of carbonyl (C=O) groups is 1. The van der Waals surface area contributed by atoms with Crippen LogP contribution < -0.4 is 4.90 Å². The third kappa shape index (κ3) is 3.21. The van der Waals surface area contributed by atoms with Gasteiger partial charge in [0.1, 0.15) is 0 Å². The quantitative estimate of drug-likeness (QED) is 0.838.